The molecule has 2 rings (SSSR count). The number of hydrogen-bond donors (Lipinski definition) is 0. The SMILES string of the molecule is COc1ccc(Cn2nc(N(C=O)OC(C)(C)C)cc2[N+](=O)[O-])cc1OC. The molecule has 0 aliphatic heterocycles. The Bertz CT molecular complexity index is 827. The summed E-state index contributed by atoms with van der Waals surface area (Å²) in [4.78, 5) is 27.6. The quantitative estimate of drug-likeness (QED) is 0.394. The lowest BCUT2D eigenvalue weighted by Gasteiger charge is -2.24. The number of ether oxygens (including phenoxy) is 2. The van der Waals surface area contributed by atoms with Gasteiger partial charge in [-0.05, 0) is 43.4 Å². The first kappa shape index (κ1) is 20.2. The first-order chi connectivity index (χ1) is 12.7. The molecule has 2 aromatic rings. The summed E-state index contributed by atoms with van der Waals surface area (Å²) >= 11 is 0. The van der Waals surface area contributed by atoms with E-state index in [-0.39, 0.29) is 18.2 Å². The van der Waals surface area contributed by atoms with E-state index in [0.29, 0.717) is 23.5 Å². The number of rotatable bonds is 8. The van der Waals surface area contributed by atoms with Crippen LogP contribution < -0.4 is 14.5 Å². The number of carbonyl (C=O) groups excluding carboxylic acids is 1. The molecule has 0 radical (unpaired) electrons. The molecule has 0 fully saturated rings. The molecule has 0 spiro atoms. The lowest BCUT2D eigenvalue weighted by atomic mass is 10.2. The number of amides is 1. The van der Waals surface area contributed by atoms with Gasteiger partial charge in [-0.1, -0.05) is 11.2 Å². The number of carbonyl (C=O) groups is 1. The van der Waals surface area contributed by atoms with Crippen molar-refractivity contribution in [3.05, 3.63) is 39.9 Å². The van der Waals surface area contributed by atoms with Gasteiger partial charge >= 0.3 is 5.82 Å². The molecule has 1 heterocycles. The average molecular weight is 378 g/mol. The minimum atomic E-state index is -0.678. The van der Waals surface area contributed by atoms with Crippen molar-refractivity contribution >= 4 is 18.0 Å². The molecule has 1 amide bonds. The third-order valence-corrected chi connectivity index (χ3v) is 3.41. The number of hydroxylamine groups is 1. The van der Waals surface area contributed by atoms with Gasteiger partial charge in [0.15, 0.2) is 11.5 Å². The van der Waals surface area contributed by atoms with Gasteiger partial charge in [0.05, 0.1) is 25.9 Å². The van der Waals surface area contributed by atoms with Crippen LogP contribution in [0.5, 0.6) is 11.5 Å². The molecular formula is C17H22N4O6. The highest BCUT2D eigenvalue weighted by atomic mass is 16.7. The predicted molar refractivity (Wildman–Crippen MR) is 96.9 cm³/mol. The van der Waals surface area contributed by atoms with Gasteiger partial charge in [-0.2, -0.15) is 5.06 Å². The fourth-order valence-electron chi connectivity index (χ4n) is 2.33. The monoisotopic (exact) mass is 378 g/mol. The van der Waals surface area contributed by atoms with Crippen LogP contribution in [0.1, 0.15) is 26.3 Å². The largest absolute Gasteiger partial charge is 0.493 e. The molecular weight excluding hydrogens is 356 g/mol. The number of hydrogen-bond acceptors (Lipinski definition) is 7. The minimum Gasteiger partial charge on any atom is -0.493 e. The molecule has 0 saturated heterocycles. The fraction of sp³-hybridized carbons (Fsp3) is 0.412. The van der Waals surface area contributed by atoms with E-state index in [4.69, 9.17) is 14.3 Å². The summed E-state index contributed by atoms with van der Waals surface area (Å²) in [5.74, 6) is 0.787. The predicted octanol–water partition coefficient (Wildman–Crippen LogP) is 2.55. The van der Waals surface area contributed by atoms with Gasteiger partial charge in [-0.3, -0.25) is 9.63 Å². The Kier molecular flexibility index (Phi) is 6.01. The zero-order valence-corrected chi connectivity index (χ0v) is 15.8. The summed E-state index contributed by atoms with van der Waals surface area (Å²) in [6, 6.07) is 6.33. The number of nitrogens with zero attached hydrogens (tertiary/aromatic N) is 4. The molecule has 1 aromatic heterocycles. The summed E-state index contributed by atoms with van der Waals surface area (Å²) in [6.45, 7) is 5.34. The maximum absolute atomic E-state index is 11.4. The summed E-state index contributed by atoms with van der Waals surface area (Å²) in [6.07, 6.45) is 0.415. The van der Waals surface area contributed by atoms with Crippen molar-refractivity contribution in [2.45, 2.75) is 32.9 Å². The molecule has 0 atom stereocenters. The van der Waals surface area contributed by atoms with Gasteiger partial charge in [0.25, 0.3) is 0 Å². The second-order valence-corrected chi connectivity index (χ2v) is 6.60. The molecule has 0 saturated carbocycles. The Labute approximate surface area is 156 Å². The van der Waals surface area contributed by atoms with Crippen LogP contribution in [-0.2, 0) is 16.2 Å². The van der Waals surface area contributed by atoms with Crippen LogP contribution in [0.2, 0.25) is 0 Å². The van der Waals surface area contributed by atoms with Crippen molar-refractivity contribution in [1.82, 2.24) is 9.78 Å². The standard InChI is InChI=1S/C17H22N4O6/c1-17(2,3)27-20(11-22)15-9-16(21(23)24)19(18-15)10-12-6-7-13(25-4)14(8-12)26-5/h6-9,11H,10H2,1-5H3. The van der Waals surface area contributed by atoms with E-state index in [1.54, 1.807) is 39.0 Å². The second-order valence-electron chi connectivity index (χ2n) is 6.60. The highest BCUT2D eigenvalue weighted by molar-refractivity contribution is 5.70. The highest BCUT2D eigenvalue weighted by Crippen LogP contribution is 2.29. The van der Waals surface area contributed by atoms with Crippen LogP contribution in [0, 0.1) is 10.1 Å². The minimum absolute atomic E-state index is 0.0205. The lowest BCUT2D eigenvalue weighted by Crippen LogP contribution is -2.33. The van der Waals surface area contributed by atoms with Crippen LogP contribution >= 0.6 is 0 Å². The number of nitro groups is 1. The van der Waals surface area contributed by atoms with Gasteiger partial charge < -0.3 is 19.6 Å². The number of methoxy groups -OCH3 is 2. The lowest BCUT2D eigenvalue weighted by molar-refractivity contribution is -0.392. The van der Waals surface area contributed by atoms with Crippen molar-refractivity contribution in [2.24, 2.45) is 0 Å². The molecule has 146 valence electrons. The van der Waals surface area contributed by atoms with Crippen LogP contribution in [0.15, 0.2) is 24.3 Å². The molecule has 0 aliphatic rings. The molecule has 0 N–H and O–H groups in total. The van der Waals surface area contributed by atoms with Crippen LogP contribution in [-0.4, -0.2) is 40.9 Å². The van der Waals surface area contributed by atoms with Crippen molar-refractivity contribution in [2.75, 3.05) is 19.3 Å². The Morgan fingerprint density at radius 3 is 2.41 bits per heavy atom. The van der Waals surface area contributed by atoms with Crippen LogP contribution in [0.3, 0.4) is 0 Å². The van der Waals surface area contributed by atoms with E-state index < -0.39 is 10.5 Å². The summed E-state index contributed by atoms with van der Waals surface area (Å²) in [5, 5.41) is 16.4. The zero-order valence-electron chi connectivity index (χ0n) is 15.8. The van der Waals surface area contributed by atoms with Crippen LogP contribution in [0.4, 0.5) is 11.6 Å². The van der Waals surface area contributed by atoms with Gasteiger partial charge in [0.1, 0.15) is 6.54 Å². The van der Waals surface area contributed by atoms with Crippen molar-refractivity contribution in [1.29, 1.82) is 0 Å². The molecule has 10 nitrogen and oxygen atoms in total. The molecule has 0 unspecified atom stereocenters. The highest BCUT2D eigenvalue weighted by Gasteiger charge is 2.26. The molecule has 1 aromatic carbocycles. The third kappa shape index (κ3) is 4.94. The topological polar surface area (TPSA) is 109 Å². The maximum atomic E-state index is 11.4. The summed E-state index contributed by atoms with van der Waals surface area (Å²) in [5.41, 5.74) is 0.0304. The summed E-state index contributed by atoms with van der Waals surface area (Å²) < 4.78 is 11.6. The van der Waals surface area contributed by atoms with Gasteiger partial charge in [0.2, 0.25) is 12.2 Å². The Morgan fingerprint density at radius 1 is 1.22 bits per heavy atom. The number of aromatic nitrogens is 2. The normalized spacial score (nSPS) is 11.1. The smallest absolute Gasteiger partial charge is 0.347 e. The first-order valence-corrected chi connectivity index (χ1v) is 8.05. The van der Waals surface area contributed by atoms with Crippen molar-refractivity contribution < 1.29 is 24.0 Å². The van der Waals surface area contributed by atoms with Gasteiger partial charge in [0, 0.05) is 0 Å². The second kappa shape index (κ2) is 8.04. The molecule has 27 heavy (non-hydrogen) atoms. The van der Waals surface area contributed by atoms with E-state index in [9.17, 15) is 14.9 Å². The van der Waals surface area contributed by atoms with E-state index in [0.717, 1.165) is 5.06 Å². The van der Waals surface area contributed by atoms with E-state index in [1.165, 1.54) is 25.0 Å². The average Bonchev–Trinajstić information content (AvgIpc) is 3.02. The summed E-state index contributed by atoms with van der Waals surface area (Å²) in [7, 11) is 3.02. The van der Waals surface area contributed by atoms with Crippen molar-refractivity contribution in [3.8, 4) is 11.5 Å². The molecule has 10 heteroatoms. The maximum Gasteiger partial charge on any atom is 0.347 e. The number of anilines is 1. The molecule has 0 aliphatic carbocycles. The zero-order chi connectivity index (χ0) is 20.2. The van der Waals surface area contributed by atoms with Gasteiger partial charge in [-0.15, -0.1) is 4.68 Å². The Hall–Kier alpha value is -3.14. The first-order valence-electron chi connectivity index (χ1n) is 8.05. The van der Waals surface area contributed by atoms with Gasteiger partial charge in [-0.25, -0.2) is 0 Å². The third-order valence-electron chi connectivity index (χ3n) is 3.41. The van der Waals surface area contributed by atoms with E-state index in [2.05, 4.69) is 5.10 Å². The van der Waals surface area contributed by atoms with Crippen LogP contribution in [0.25, 0.3) is 0 Å². The number of benzene rings is 1. The fourth-order valence-corrected chi connectivity index (χ4v) is 2.33. The van der Waals surface area contributed by atoms with E-state index in [1.807, 2.05) is 0 Å². The Morgan fingerprint density at radius 2 is 1.89 bits per heavy atom. The van der Waals surface area contributed by atoms with Crippen molar-refractivity contribution in [3.63, 3.8) is 0 Å². The molecule has 0 bridgehead atoms. The Balaban J connectivity index is 2.38. The van der Waals surface area contributed by atoms with E-state index >= 15 is 0 Å².